The van der Waals surface area contributed by atoms with Gasteiger partial charge in [0.05, 0.1) is 0 Å². The minimum Gasteiger partial charge on any atom is -0.0840 e. The first-order chi connectivity index (χ1) is 5.84. The lowest BCUT2D eigenvalue weighted by Gasteiger charge is -2.24. The molecule has 0 aromatic heterocycles. The van der Waals surface area contributed by atoms with Crippen LogP contribution in [0.15, 0.2) is 12.1 Å². The monoisotopic (exact) mass is 196 g/mol. The van der Waals surface area contributed by atoms with Crippen molar-refractivity contribution >= 4 is 11.6 Å². The molecule has 0 unspecified atom stereocenters. The molecule has 0 aliphatic heterocycles. The SMILES string of the molecule is Cc1ccc(Cl)c(C)c1C(C)(C)C. The predicted octanol–water partition coefficient (Wildman–Crippen LogP) is 4.25. The Balaban J connectivity index is 3.43. The van der Waals surface area contributed by atoms with Crippen LogP contribution < -0.4 is 0 Å². The van der Waals surface area contributed by atoms with Crippen LogP contribution >= 0.6 is 11.6 Å². The molecule has 0 heterocycles. The summed E-state index contributed by atoms with van der Waals surface area (Å²) >= 11 is 6.09. The van der Waals surface area contributed by atoms with Crippen LogP contribution in [0.3, 0.4) is 0 Å². The van der Waals surface area contributed by atoms with Crippen LogP contribution in [0.2, 0.25) is 5.02 Å². The molecule has 0 radical (unpaired) electrons. The second-order valence-electron chi connectivity index (χ2n) is 4.61. The van der Waals surface area contributed by atoms with E-state index in [0.717, 1.165) is 5.02 Å². The topological polar surface area (TPSA) is 0 Å². The molecule has 0 nitrogen and oxygen atoms in total. The van der Waals surface area contributed by atoms with Crippen molar-refractivity contribution in [3.63, 3.8) is 0 Å². The van der Waals surface area contributed by atoms with Crippen LogP contribution in [0, 0.1) is 13.8 Å². The lowest BCUT2D eigenvalue weighted by atomic mass is 9.81. The van der Waals surface area contributed by atoms with E-state index in [1.54, 1.807) is 0 Å². The number of aryl methyl sites for hydroxylation is 1. The molecule has 0 fully saturated rings. The van der Waals surface area contributed by atoms with E-state index in [-0.39, 0.29) is 5.41 Å². The Kier molecular flexibility index (Phi) is 2.72. The van der Waals surface area contributed by atoms with Crippen molar-refractivity contribution in [2.45, 2.75) is 40.0 Å². The second-order valence-corrected chi connectivity index (χ2v) is 5.02. The molecule has 13 heavy (non-hydrogen) atoms. The summed E-state index contributed by atoms with van der Waals surface area (Å²) in [4.78, 5) is 0. The van der Waals surface area contributed by atoms with E-state index in [2.05, 4.69) is 40.7 Å². The molecule has 1 heteroatoms. The fraction of sp³-hybridized carbons (Fsp3) is 0.500. The smallest absolute Gasteiger partial charge is 0.0438 e. The molecule has 1 aromatic rings. The molecular weight excluding hydrogens is 180 g/mol. The van der Waals surface area contributed by atoms with Gasteiger partial charge in [-0.15, -0.1) is 0 Å². The standard InChI is InChI=1S/C12H17Cl/c1-8-6-7-10(13)9(2)11(8)12(3,4)5/h6-7H,1-5H3. The molecule has 0 saturated carbocycles. The summed E-state index contributed by atoms with van der Waals surface area (Å²) in [5, 5.41) is 0.871. The Morgan fingerprint density at radius 1 is 1.08 bits per heavy atom. The molecule has 0 aliphatic carbocycles. The summed E-state index contributed by atoms with van der Waals surface area (Å²) in [6.45, 7) is 10.9. The fourth-order valence-corrected chi connectivity index (χ4v) is 2.13. The summed E-state index contributed by atoms with van der Waals surface area (Å²) in [5.74, 6) is 0. The van der Waals surface area contributed by atoms with Crippen LogP contribution in [-0.4, -0.2) is 0 Å². The van der Waals surface area contributed by atoms with Crippen LogP contribution in [0.25, 0.3) is 0 Å². The summed E-state index contributed by atoms with van der Waals surface area (Å²) < 4.78 is 0. The Hall–Kier alpha value is -0.490. The van der Waals surface area contributed by atoms with Gasteiger partial charge >= 0.3 is 0 Å². The summed E-state index contributed by atoms with van der Waals surface area (Å²) in [5.41, 5.74) is 4.10. The van der Waals surface area contributed by atoms with Gasteiger partial charge in [-0.2, -0.15) is 0 Å². The quantitative estimate of drug-likeness (QED) is 0.582. The highest BCUT2D eigenvalue weighted by Crippen LogP contribution is 2.32. The Bertz CT molecular complexity index is 319. The molecule has 0 amide bonds. The molecular formula is C12H17Cl. The van der Waals surface area contributed by atoms with E-state index in [4.69, 9.17) is 11.6 Å². The molecule has 0 bridgehead atoms. The lowest BCUT2D eigenvalue weighted by Crippen LogP contribution is -2.15. The maximum Gasteiger partial charge on any atom is 0.0438 e. The predicted molar refractivity (Wildman–Crippen MR) is 59.6 cm³/mol. The largest absolute Gasteiger partial charge is 0.0840 e. The van der Waals surface area contributed by atoms with Crippen molar-refractivity contribution in [3.05, 3.63) is 33.8 Å². The Morgan fingerprint density at radius 2 is 1.62 bits per heavy atom. The zero-order valence-electron chi connectivity index (χ0n) is 9.03. The average Bonchev–Trinajstić information content (AvgIpc) is 1.95. The van der Waals surface area contributed by atoms with Gasteiger partial charge in [-0.25, -0.2) is 0 Å². The first kappa shape index (κ1) is 10.6. The maximum absolute atomic E-state index is 6.09. The van der Waals surface area contributed by atoms with E-state index < -0.39 is 0 Å². The molecule has 0 N–H and O–H groups in total. The van der Waals surface area contributed by atoms with Crippen LogP contribution in [-0.2, 0) is 5.41 Å². The van der Waals surface area contributed by atoms with Gasteiger partial charge < -0.3 is 0 Å². The minimum atomic E-state index is 0.180. The van der Waals surface area contributed by atoms with Crippen LogP contribution in [0.4, 0.5) is 0 Å². The van der Waals surface area contributed by atoms with Crippen molar-refractivity contribution in [1.29, 1.82) is 0 Å². The van der Waals surface area contributed by atoms with Gasteiger partial charge in [-0.3, -0.25) is 0 Å². The zero-order valence-corrected chi connectivity index (χ0v) is 9.79. The number of halogens is 1. The van der Waals surface area contributed by atoms with E-state index in [1.165, 1.54) is 16.7 Å². The van der Waals surface area contributed by atoms with Crippen molar-refractivity contribution < 1.29 is 0 Å². The summed E-state index contributed by atoms with van der Waals surface area (Å²) in [6.07, 6.45) is 0. The van der Waals surface area contributed by atoms with Gasteiger partial charge in [0.15, 0.2) is 0 Å². The highest BCUT2D eigenvalue weighted by Gasteiger charge is 2.19. The third-order valence-corrected chi connectivity index (χ3v) is 2.77. The minimum absolute atomic E-state index is 0.180. The maximum atomic E-state index is 6.09. The molecule has 0 aliphatic rings. The van der Waals surface area contributed by atoms with Crippen LogP contribution in [0.5, 0.6) is 0 Å². The van der Waals surface area contributed by atoms with E-state index in [9.17, 15) is 0 Å². The number of benzene rings is 1. The van der Waals surface area contributed by atoms with Crippen molar-refractivity contribution in [2.24, 2.45) is 0 Å². The number of hydrogen-bond acceptors (Lipinski definition) is 0. The first-order valence-corrected chi connectivity index (χ1v) is 4.98. The van der Waals surface area contributed by atoms with Gasteiger partial charge in [0.2, 0.25) is 0 Å². The molecule has 0 atom stereocenters. The van der Waals surface area contributed by atoms with E-state index >= 15 is 0 Å². The van der Waals surface area contributed by atoms with E-state index in [1.807, 2.05) is 6.07 Å². The molecule has 0 saturated heterocycles. The second kappa shape index (κ2) is 3.34. The van der Waals surface area contributed by atoms with Gasteiger partial charge in [-0.1, -0.05) is 38.4 Å². The zero-order chi connectivity index (χ0) is 10.2. The van der Waals surface area contributed by atoms with Gasteiger partial charge in [0, 0.05) is 5.02 Å². The summed E-state index contributed by atoms with van der Waals surface area (Å²) in [6, 6.07) is 4.07. The first-order valence-electron chi connectivity index (χ1n) is 4.60. The van der Waals surface area contributed by atoms with Crippen molar-refractivity contribution in [1.82, 2.24) is 0 Å². The highest BCUT2D eigenvalue weighted by atomic mass is 35.5. The average molecular weight is 197 g/mol. The van der Waals surface area contributed by atoms with Crippen molar-refractivity contribution in [3.8, 4) is 0 Å². The Morgan fingerprint density at radius 3 is 2.00 bits per heavy atom. The van der Waals surface area contributed by atoms with Crippen molar-refractivity contribution in [2.75, 3.05) is 0 Å². The molecule has 1 aromatic carbocycles. The lowest BCUT2D eigenvalue weighted by molar-refractivity contribution is 0.582. The number of rotatable bonds is 0. The third kappa shape index (κ3) is 2.05. The molecule has 1 rings (SSSR count). The highest BCUT2D eigenvalue weighted by molar-refractivity contribution is 6.31. The normalized spacial score (nSPS) is 11.8. The fourth-order valence-electron chi connectivity index (χ4n) is 1.98. The Labute approximate surface area is 85.9 Å². The molecule has 72 valence electrons. The van der Waals surface area contributed by atoms with Gasteiger partial charge in [0.1, 0.15) is 0 Å². The third-order valence-electron chi connectivity index (χ3n) is 2.36. The number of hydrogen-bond donors (Lipinski definition) is 0. The van der Waals surface area contributed by atoms with Gasteiger partial charge in [-0.05, 0) is 42.0 Å². The summed E-state index contributed by atoms with van der Waals surface area (Å²) in [7, 11) is 0. The molecule has 0 spiro atoms. The van der Waals surface area contributed by atoms with Gasteiger partial charge in [0.25, 0.3) is 0 Å². The van der Waals surface area contributed by atoms with E-state index in [0.29, 0.717) is 0 Å². The van der Waals surface area contributed by atoms with Crippen LogP contribution in [0.1, 0.15) is 37.5 Å².